The van der Waals surface area contributed by atoms with Gasteiger partial charge in [0.15, 0.2) is 5.65 Å². The Morgan fingerprint density at radius 1 is 1.32 bits per heavy atom. The molecule has 22 heavy (non-hydrogen) atoms. The number of anilines is 1. The standard InChI is InChI=1S/C16H21ClN4O/c1-9(2)10(3)15(22)20-16-18-12-7-8-13(17)19-14(12)21(16)11-5-4-6-11/h7-11H,4-6H2,1-3H3,(H,18,20,22)/t10-/m0/s1. The third kappa shape index (κ3) is 2.70. The van der Waals surface area contributed by atoms with E-state index in [-0.39, 0.29) is 17.7 Å². The number of carbonyl (C=O) groups excluding carboxylic acids is 1. The van der Waals surface area contributed by atoms with Gasteiger partial charge in [-0.15, -0.1) is 0 Å². The first-order valence-electron chi connectivity index (χ1n) is 7.82. The van der Waals surface area contributed by atoms with Gasteiger partial charge in [0, 0.05) is 12.0 Å². The second-order valence-corrected chi connectivity index (χ2v) is 6.78. The highest BCUT2D eigenvalue weighted by molar-refractivity contribution is 6.29. The SMILES string of the molecule is CC(C)[C@H](C)C(=O)Nc1nc2ccc(Cl)nc2n1C1CCC1. The molecule has 1 atom stereocenters. The Morgan fingerprint density at radius 2 is 2.05 bits per heavy atom. The molecule has 0 bridgehead atoms. The quantitative estimate of drug-likeness (QED) is 0.865. The summed E-state index contributed by atoms with van der Waals surface area (Å²) >= 11 is 6.02. The lowest BCUT2D eigenvalue weighted by molar-refractivity contribution is -0.120. The molecule has 0 saturated heterocycles. The summed E-state index contributed by atoms with van der Waals surface area (Å²) in [4.78, 5) is 21.3. The number of hydrogen-bond acceptors (Lipinski definition) is 3. The van der Waals surface area contributed by atoms with Gasteiger partial charge in [-0.1, -0.05) is 32.4 Å². The Morgan fingerprint density at radius 3 is 2.64 bits per heavy atom. The van der Waals surface area contributed by atoms with Crippen molar-refractivity contribution in [3.63, 3.8) is 0 Å². The fourth-order valence-electron chi connectivity index (χ4n) is 2.56. The molecule has 1 saturated carbocycles. The van der Waals surface area contributed by atoms with E-state index in [1.807, 2.05) is 31.4 Å². The maximum absolute atomic E-state index is 12.4. The zero-order chi connectivity index (χ0) is 15.9. The molecule has 0 aliphatic heterocycles. The van der Waals surface area contributed by atoms with E-state index in [4.69, 9.17) is 11.6 Å². The topological polar surface area (TPSA) is 59.8 Å². The van der Waals surface area contributed by atoms with Crippen LogP contribution in [0.3, 0.4) is 0 Å². The highest BCUT2D eigenvalue weighted by Crippen LogP contribution is 2.37. The summed E-state index contributed by atoms with van der Waals surface area (Å²) in [5.74, 6) is 0.809. The van der Waals surface area contributed by atoms with Crippen molar-refractivity contribution in [1.29, 1.82) is 0 Å². The summed E-state index contributed by atoms with van der Waals surface area (Å²) < 4.78 is 2.04. The predicted molar refractivity (Wildman–Crippen MR) is 88.1 cm³/mol. The van der Waals surface area contributed by atoms with E-state index in [9.17, 15) is 4.79 Å². The molecular formula is C16H21ClN4O. The number of carbonyl (C=O) groups is 1. The highest BCUT2D eigenvalue weighted by Gasteiger charge is 2.27. The first-order chi connectivity index (χ1) is 10.5. The van der Waals surface area contributed by atoms with Crippen LogP contribution < -0.4 is 5.32 Å². The Balaban J connectivity index is 1.99. The molecule has 1 aliphatic carbocycles. The van der Waals surface area contributed by atoms with Crippen molar-refractivity contribution in [1.82, 2.24) is 14.5 Å². The van der Waals surface area contributed by atoms with Crippen molar-refractivity contribution in [2.24, 2.45) is 11.8 Å². The Kier molecular flexibility index (Phi) is 4.08. The van der Waals surface area contributed by atoms with Crippen LogP contribution in [0.5, 0.6) is 0 Å². The molecule has 2 heterocycles. The molecule has 1 aliphatic rings. The largest absolute Gasteiger partial charge is 0.296 e. The van der Waals surface area contributed by atoms with Gasteiger partial charge >= 0.3 is 0 Å². The van der Waals surface area contributed by atoms with Crippen molar-refractivity contribution >= 4 is 34.6 Å². The van der Waals surface area contributed by atoms with Gasteiger partial charge in [-0.3, -0.25) is 14.7 Å². The predicted octanol–water partition coefficient (Wildman–Crippen LogP) is 4.04. The van der Waals surface area contributed by atoms with E-state index in [0.717, 1.165) is 24.0 Å². The van der Waals surface area contributed by atoms with Gasteiger partial charge in [-0.2, -0.15) is 0 Å². The van der Waals surface area contributed by atoms with Gasteiger partial charge in [0.1, 0.15) is 10.7 Å². The summed E-state index contributed by atoms with van der Waals surface area (Å²) in [7, 11) is 0. The first-order valence-corrected chi connectivity index (χ1v) is 8.20. The van der Waals surface area contributed by atoms with Crippen LogP contribution >= 0.6 is 11.6 Å². The van der Waals surface area contributed by atoms with Crippen LogP contribution in [0.15, 0.2) is 12.1 Å². The van der Waals surface area contributed by atoms with E-state index < -0.39 is 0 Å². The average Bonchev–Trinajstić information content (AvgIpc) is 2.74. The van der Waals surface area contributed by atoms with Crippen LogP contribution in [0.2, 0.25) is 5.15 Å². The van der Waals surface area contributed by atoms with E-state index in [1.165, 1.54) is 6.42 Å². The summed E-state index contributed by atoms with van der Waals surface area (Å²) in [6.07, 6.45) is 3.37. The van der Waals surface area contributed by atoms with Crippen molar-refractivity contribution in [3.8, 4) is 0 Å². The highest BCUT2D eigenvalue weighted by atomic mass is 35.5. The molecule has 2 aromatic rings. The first kappa shape index (κ1) is 15.3. The number of hydrogen-bond donors (Lipinski definition) is 1. The van der Waals surface area contributed by atoms with Crippen molar-refractivity contribution in [2.75, 3.05) is 5.32 Å². The minimum absolute atomic E-state index is 0.00280. The maximum atomic E-state index is 12.4. The molecule has 1 N–H and O–H groups in total. The van der Waals surface area contributed by atoms with Crippen LogP contribution in [-0.2, 0) is 4.79 Å². The van der Waals surface area contributed by atoms with Crippen molar-refractivity contribution in [3.05, 3.63) is 17.3 Å². The van der Waals surface area contributed by atoms with Crippen LogP contribution in [0.25, 0.3) is 11.2 Å². The summed E-state index contributed by atoms with van der Waals surface area (Å²) in [5.41, 5.74) is 1.52. The number of halogens is 1. The third-order valence-electron chi connectivity index (χ3n) is 4.59. The summed E-state index contributed by atoms with van der Waals surface area (Å²) in [5, 5.41) is 3.43. The second kappa shape index (κ2) is 5.88. The number of pyridine rings is 1. The minimum Gasteiger partial charge on any atom is -0.296 e. The number of rotatable bonds is 4. The van der Waals surface area contributed by atoms with Crippen LogP contribution in [0.1, 0.15) is 46.1 Å². The molecule has 1 fully saturated rings. The second-order valence-electron chi connectivity index (χ2n) is 6.39. The molecule has 1 amide bonds. The number of imidazole rings is 1. The fraction of sp³-hybridized carbons (Fsp3) is 0.562. The lowest BCUT2D eigenvalue weighted by atomic mass is 9.93. The third-order valence-corrected chi connectivity index (χ3v) is 4.80. The zero-order valence-corrected chi connectivity index (χ0v) is 13.9. The number of amides is 1. The average molecular weight is 321 g/mol. The molecule has 5 nitrogen and oxygen atoms in total. The van der Waals surface area contributed by atoms with Gasteiger partial charge in [0.2, 0.25) is 11.9 Å². The van der Waals surface area contributed by atoms with Gasteiger partial charge in [-0.05, 0) is 37.3 Å². The van der Waals surface area contributed by atoms with Gasteiger partial charge in [0.25, 0.3) is 0 Å². The van der Waals surface area contributed by atoms with Crippen molar-refractivity contribution < 1.29 is 4.79 Å². The van der Waals surface area contributed by atoms with E-state index in [2.05, 4.69) is 15.3 Å². The monoisotopic (exact) mass is 320 g/mol. The Labute approximate surface area is 135 Å². The smallest absolute Gasteiger partial charge is 0.229 e. The minimum atomic E-state index is -0.0637. The molecule has 6 heteroatoms. The van der Waals surface area contributed by atoms with Gasteiger partial charge < -0.3 is 0 Å². The van der Waals surface area contributed by atoms with E-state index in [0.29, 0.717) is 17.1 Å². The number of fused-ring (bicyclic) bond motifs is 1. The maximum Gasteiger partial charge on any atom is 0.229 e. The molecule has 118 valence electrons. The zero-order valence-electron chi connectivity index (χ0n) is 13.1. The van der Waals surface area contributed by atoms with Crippen LogP contribution in [0, 0.1) is 11.8 Å². The molecule has 0 unspecified atom stereocenters. The summed E-state index contributed by atoms with van der Waals surface area (Å²) in [6.45, 7) is 6.02. The molecule has 3 rings (SSSR count). The molecule has 0 radical (unpaired) electrons. The number of nitrogens with one attached hydrogen (secondary N) is 1. The normalized spacial score (nSPS) is 16.8. The van der Waals surface area contributed by atoms with E-state index in [1.54, 1.807) is 6.07 Å². The van der Waals surface area contributed by atoms with Crippen LogP contribution in [0.4, 0.5) is 5.95 Å². The molecule has 0 spiro atoms. The van der Waals surface area contributed by atoms with Gasteiger partial charge in [-0.25, -0.2) is 9.97 Å². The lowest BCUT2D eigenvalue weighted by Gasteiger charge is -2.28. The lowest BCUT2D eigenvalue weighted by Crippen LogP contribution is -2.27. The molecular weight excluding hydrogens is 300 g/mol. The molecule has 0 aromatic carbocycles. The summed E-state index contributed by atoms with van der Waals surface area (Å²) in [6, 6.07) is 3.92. The van der Waals surface area contributed by atoms with E-state index >= 15 is 0 Å². The Hall–Kier alpha value is -1.62. The Bertz CT molecular complexity index is 705. The number of aromatic nitrogens is 3. The van der Waals surface area contributed by atoms with Crippen LogP contribution in [-0.4, -0.2) is 20.4 Å². The fourth-order valence-corrected chi connectivity index (χ4v) is 2.70. The van der Waals surface area contributed by atoms with Crippen molar-refractivity contribution in [2.45, 2.75) is 46.1 Å². The molecule has 2 aromatic heterocycles. The van der Waals surface area contributed by atoms with Gasteiger partial charge in [0.05, 0.1) is 0 Å². The number of nitrogens with zero attached hydrogens (tertiary/aromatic N) is 3.